The smallest absolute Gasteiger partial charge is 0.462 e. The summed E-state index contributed by atoms with van der Waals surface area (Å²) in [5.41, 5.74) is 0. The molecule has 314 valence electrons. The van der Waals surface area contributed by atoms with Gasteiger partial charge in [-0.1, -0.05) is 146 Å². The quantitative estimate of drug-likeness (QED) is 0.0217. The second-order valence-electron chi connectivity index (χ2n) is 15.4. The summed E-state index contributed by atoms with van der Waals surface area (Å²) in [6, 6.07) is 0. The van der Waals surface area contributed by atoms with Gasteiger partial charge in [-0.3, -0.25) is 18.6 Å². The van der Waals surface area contributed by atoms with Crippen LogP contribution in [0.4, 0.5) is 0 Å². The van der Waals surface area contributed by atoms with E-state index in [9.17, 15) is 19.0 Å². The maximum absolute atomic E-state index is 12.7. The second kappa shape index (κ2) is 36.6. The molecule has 10 heteroatoms. The van der Waals surface area contributed by atoms with Crippen LogP contribution in [-0.2, 0) is 32.7 Å². The zero-order valence-corrected chi connectivity index (χ0v) is 36.1. The molecular formula is C44H81NO8P+. The number of phosphoric acid groups is 1. The standard InChI is InChI=1S/C44H80NO8P/c1-6-8-10-12-14-16-18-19-20-21-22-23-24-25-27-29-31-33-35-37-44(47)53-42(41-52-54(48,49)51-39-38-45(3,4)5)40-50-43(46)36-34-32-30-28-26-17-15-13-11-9-7-2/h14,16,19-20,22-23,25,27,42H,6-13,15,17-18,21,24,26,28-41H2,1-5H3/p+1/b16-14+,20-19+,23-22+,27-25+/t42-/m1/s1. The Labute approximate surface area is 331 Å². The van der Waals surface area contributed by atoms with Crippen molar-refractivity contribution in [2.75, 3.05) is 47.5 Å². The molecule has 0 aromatic rings. The highest BCUT2D eigenvalue weighted by Gasteiger charge is 2.27. The molecule has 0 spiro atoms. The van der Waals surface area contributed by atoms with E-state index in [1.165, 1.54) is 77.0 Å². The van der Waals surface area contributed by atoms with Crippen LogP contribution in [0.15, 0.2) is 48.6 Å². The lowest BCUT2D eigenvalue weighted by atomic mass is 10.1. The molecule has 0 aromatic heterocycles. The van der Waals surface area contributed by atoms with Crippen LogP contribution in [0.1, 0.15) is 168 Å². The van der Waals surface area contributed by atoms with Crippen LogP contribution in [-0.4, -0.2) is 74.9 Å². The molecule has 0 radical (unpaired) electrons. The highest BCUT2D eigenvalue weighted by molar-refractivity contribution is 7.47. The minimum Gasteiger partial charge on any atom is -0.462 e. The van der Waals surface area contributed by atoms with Gasteiger partial charge in [-0.15, -0.1) is 0 Å². The van der Waals surface area contributed by atoms with Gasteiger partial charge in [-0.2, -0.15) is 0 Å². The van der Waals surface area contributed by atoms with E-state index in [1.54, 1.807) is 0 Å². The summed E-state index contributed by atoms with van der Waals surface area (Å²) in [6.07, 6.45) is 41.6. The fraction of sp³-hybridized carbons (Fsp3) is 0.773. The van der Waals surface area contributed by atoms with E-state index in [2.05, 4.69) is 62.5 Å². The van der Waals surface area contributed by atoms with Crippen LogP contribution in [0.5, 0.6) is 0 Å². The number of quaternary nitrogens is 1. The van der Waals surface area contributed by atoms with E-state index in [-0.39, 0.29) is 32.0 Å². The molecule has 0 heterocycles. The zero-order valence-electron chi connectivity index (χ0n) is 35.2. The number of hydrogen-bond donors (Lipinski definition) is 1. The normalized spacial score (nSPS) is 14.1. The van der Waals surface area contributed by atoms with Crippen molar-refractivity contribution in [3.05, 3.63) is 48.6 Å². The Kier molecular flexibility index (Phi) is 35.2. The van der Waals surface area contributed by atoms with Gasteiger partial charge < -0.3 is 18.9 Å². The number of allylic oxidation sites excluding steroid dienone is 8. The van der Waals surface area contributed by atoms with E-state index in [4.69, 9.17) is 18.5 Å². The molecule has 0 bridgehead atoms. The molecule has 0 aromatic carbocycles. The molecule has 0 saturated heterocycles. The summed E-state index contributed by atoms with van der Waals surface area (Å²) in [5.74, 6) is -0.836. The van der Waals surface area contributed by atoms with Gasteiger partial charge in [0, 0.05) is 12.8 Å². The molecule has 0 rings (SSSR count). The molecular weight excluding hydrogens is 701 g/mol. The van der Waals surface area contributed by atoms with Crippen molar-refractivity contribution >= 4 is 19.8 Å². The van der Waals surface area contributed by atoms with Gasteiger partial charge in [0.05, 0.1) is 27.7 Å². The lowest BCUT2D eigenvalue weighted by Crippen LogP contribution is -2.37. The number of rotatable bonds is 38. The summed E-state index contributed by atoms with van der Waals surface area (Å²) in [4.78, 5) is 35.3. The highest BCUT2D eigenvalue weighted by Crippen LogP contribution is 2.43. The number of nitrogens with zero attached hydrogens (tertiary/aromatic N) is 1. The number of esters is 2. The average molecular weight is 783 g/mol. The minimum absolute atomic E-state index is 0.0245. The van der Waals surface area contributed by atoms with Gasteiger partial charge in [-0.05, 0) is 57.8 Å². The summed E-state index contributed by atoms with van der Waals surface area (Å²) < 4.78 is 34.2. The van der Waals surface area contributed by atoms with Crippen LogP contribution in [0, 0.1) is 0 Å². The minimum atomic E-state index is -4.38. The molecule has 1 N–H and O–H groups in total. The molecule has 0 aliphatic carbocycles. The Hall–Kier alpha value is -2.03. The monoisotopic (exact) mass is 783 g/mol. The Morgan fingerprint density at radius 2 is 1.00 bits per heavy atom. The first-order valence-electron chi connectivity index (χ1n) is 21.4. The lowest BCUT2D eigenvalue weighted by molar-refractivity contribution is -0.870. The number of carbonyl (C=O) groups is 2. The molecule has 54 heavy (non-hydrogen) atoms. The third kappa shape index (κ3) is 39.7. The molecule has 0 aliphatic rings. The Bertz CT molecular complexity index is 1070. The van der Waals surface area contributed by atoms with Crippen LogP contribution in [0.2, 0.25) is 0 Å². The summed E-state index contributed by atoms with van der Waals surface area (Å²) in [7, 11) is 1.45. The summed E-state index contributed by atoms with van der Waals surface area (Å²) >= 11 is 0. The van der Waals surface area contributed by atoms with E-state index < -0.39 is 26.5 Å². The molecule has 2 atom stereocenters. The summed E-state index contributed by atoms with van der Waals surface area (Å²) in [5, 5.41) is 0. The van der Waals surface area contributed by atoms with Crippen molar-refractivity contribution in [1.82, 2.24) is 0 Å². The predicted molar refractivity (Wildman–Crippen MR) is 224 cm³/mol. The van der Waals surface area contributed by atoms with E-state index in [0.717, 1.165) is 57.8 Å². The van der Waals surface area contributed by atoms with Crippen molar-refractivity contribution in [2.45, 2.75) is 174 Å². The number of unbranched alkanes of at least 4 members (excludes halogenated alkanes) is 16. The molecule has 0 fully saturated rings. The highest BCUT2D eigenvalue weighted by atomic mass is 31.2. The molecule has 0 amide bonds. The number of ether oxygens (including phenoxy) is 2. The fourth-order valence-corrected chi connectivity index (χ4v) is 6.21. The Morgan fingerprint density at radius 1 is 0.574 bits per heavy atom. The fourth-order valence-electron chi connectivity index (χ4n) is 5.47. The SMILES string of the molecule is CCCCC/C=C/C/C=C/C/C=C/C/C=C/CCCCCC(=O)O[C@H](COC(=O)CCCCCCCCCCCCC)COP(=O)(O)OCC[N+](C)(C)C. The number of likely N-dealkylation sites (N-methyl/N-ethyl adjacent to an activating group) is 1. The lowest BCUT2D eigenvalue weighted by Gasteiger charge is -2.24. The number of phosphoric ester groups is 1. The van der Waals surface area contributed by atoms with Gasteiger partial charge in [0.25, 0.3) is 0 Å². The molecule has 9 nitrogen and oxygen atoms in total. The molecule has 0 aliphatic heterocycles. The van der Waals surface area contributed by atoms with E-state index in [1.807, 2.05) is 21.1 Å². The van der Waals surface area contributed by atoms with Crippen LogP contribution in [0.25, 0.3) is 0 Å². The predicted octanol–water partition coefficient (Wildman–Crippen LogP) is 11.9. The van der Waals surface area contributed by atoms with Crippen LogP contribution >= 0.6 is 7.82 Å². The second-order valence-corrected chi connectivity index (χ2v) is 16.8. The first kappa shape index (κ1) is 52.0. The number of carbonyl (C=O) groups excluding carboxylic acids is 2. The molecule has 1 unspecified atom stereocenters. The summed E-state index contributed by atoms with van der Waals surface area (Å²) in [6.45, 7) is 4.34. The van der Waals surface area contributed by atoms with E-state index >= 15 is 0 Å². The first-order chi connectivity index (χ1) is 26.0. The first-order valence-corrected chi connectivity index (χ1v) is 22.9. The van der Waals surface area contributed by atoms with Gasteiger partial charge in [0.15, 0.2) is 6.10 Å². The maximum atomic E-state index is 12.7. The zero-order chi connectivity index (χ0) is 40.0. The van der Waals surface area contributed by atoms with Crippen LogP contribution < -0.4 is 0 Å². The van der Waals surface area contributed by atoms with Crippen LogP contribution in [0.3, 0.4) is 0 Å². The van der Waals surface area contributed by atoms with E-state index in [0.29, 0.717) is 17.4 Å². The van der Waals surface area contributed by atoms with Crippen molar-refractivity contribution < 1.29 is 42.1 Å². The third-order valence-electron chi connectivity index (χ3n) is 8.86. The maximum Gasteiger partial charge on any atom is 0.472 e. The largest absolute Gasteiger partial charge is 0.472 e. The van der Waals surface area contributed by atoms with Crippen molar-refractivity contribution in [3.63, 3.8) is 0 Å². The van der Waals surface area contributed by atoms with Crippen molar-refractivity contribution in [1.29, 1.82) is 0 Å². The Balaban J connectivity index is 4.44. The average Bonchev–Trinajstić information content (AvgIpc) is 3.12. The Morgan fingerprint density at radius 3 is 1.52 bits per heavy atom. The third-order valence-corrected chi connectivity index (χ3v) is 9.85. The van der Waals surface area contributed by atoms with Crippen molar-refractivity contribution in [2.24, 2.45) is 0 Å². The van der Waals surface area contributed by atoms with Gasteiger partial charge in [-0.25, -0.2) is 4.57 Å². The number of hydrogen-bond acceptors (Lipinski definition) is 7. The van der Waals surface area contributed by atoms with Crippen molar-refractivity contribution in [3.8, 4) is 0 Å². The topological polar surface area (TPSA) is 108 Å². The van der Waals surface area contributed by atoms with Gasteiger partial charge in [0.2, 0.25) is 0 Å². The van der Waals surface area contributed by atoms with Gasteiger partial charge in [0.1, 0.15) is 19.8 Å². The molecule has 0 saturated carbocycles. The van der Waals surface area contributed by atoms with Gasteiger partial charge >= 0.3 is 19.8 Å².